The minimum atomic E-state index is 0. The van der Waals surface area contributed by atoms with Crippen LogP contribution >= 0.6 is 24.0 Å². The van der Waals surface area contributed by atoms with Gasteiger partial charge in [-0.15, -0.1) is 24.0 Å². The molecule has 1 heterocycles. The summed E-state index contributed by atoms with van der Waals surface area (Å²) in [4.78, 5) is 20.9. The first kappa shape index (κ1) is 24.4. The molecule has 0 aromatic rings. The van der Waals surface area contributed by atoms with Gasteiger partial charge in [-0.1, -0.05) is 0 Å². The predicted octanol–water partition coefficient (Wildman–Crippen LogP) is 2.29. The van der Waals surface area contributed by atoms with E-state index in [-0.39, 0.29) is 36.4 Å². The molecule has 7 heteroatoms. The van der Waals surface area contributed by atoms with Crippen LogP contribution in [0.3, 0.4) is 0 Å². The number of nitrogens with zero attached hydrogens (tertiary/aromatic N) is 3. The molecule has 1 rings (SSSR count). The third-order valence-electron chi connectivity index (χ3n) is 4.39. The number of likely N-dealkylation sites (tertiary alicyclic amines) is 1. The number of nitrogens with one attached hydrogen (secondary N) is 2. The first-order valence-electron chi connectivity index (χ1n) is 9.51. The largest absolute Gasteiger partial charge is 0.357 e. The zero-order valence-electron chi connectivity index (χ0n) is 16.7. The predicted molar refractivity (Wildman–Crippen MR) is 117 cm³/mol. The molecule has 2 N–H and O–H groups in total. The van der Waals surface area contributed by atoms with Gasteiger partial charge >= 0.3 is 0 Å². The number of hydrogen-bond donors (Lipinski definition) is 2. The molecular formula is C18H38IN5O. The molecule has 0 aliphatic carbocycles. The second-order valence-electron chi connectivity index (χ2n) is 6.99. The van der Waals surface area contributed by atoms with Crippen molar-refractivity contribution in [1.29, 1.82) is 0 Å². The van der Waals surface area contributed by atoms with E-state index in [2.05, 4.69) is 48.2 Å². The molecule has 1 amide bonds. The van der Waals surface area contributed by atoms with Crippen LogP contribution in [-0.4, -0.2) is 73.0 Å². The van der Waals surface area contributed by atoms with Gasteiger partial charge in [-0.25, -0.2) is 4.99 Å². The van der Waals surface area contributed by atoms with Crippen molar-refractivity contribution in [2.24, 2.45) is 4.99 Å². The average Bonchev–Trinajstić information content (AvgIpc) is 3.05. The van der Waals surface area contributed by atoms with Gasteiger partial charge in [-0.3, -0.25) is 9.69 Å². The molecule has 1 fully saturated rings. The molecule has 0 saturated carbocycles. The summed E-state index contributed by atoms with van der Waals surface area (Å²) in [5.41, 5.74) is 0. The second-order valence-corrected chi connectivity index (χ2v) is 6.99. The van der Waals surface area contributed by atoms with Gasteiger partial charge in [0.1, 0.15) is 6.54 Å². The summed E-state index contributed by atoms with van der Waals surface area (Å²) < 4.78 is 0. The number of carbonyl (C=O) groups excluding carboxylic acids is 1. The van der Waals surface area contributed by atoms with Gasteiger partial charge in [0.15, 0.2) is 5.96 Å². The summed E-state index contributed by atoms with van der Waals surface area (Å²) in [6.45, 7) is 15.7. The monoisotopic (exact) mass is 467 g/mol. The van der Waals surface area contributed by atoms with Crippen molar-refractivity contribution in [2.45, 2.75) is 66.0 Å². The van der Waals surface area contributed by atoms with Gasteiger partial charge in [0, 0.05) is 44.8 Å². The Balaban J connectivity index is 0.00000576. The average molecular weight is 467 g/mol. The van der Waals surface area contributed by atoms with Crippen molar-refractivity contribution in [3.05, 3.63) is 0 Å². The Kier molecular flexibility index (Phi) is 13.3. The summed E-state index contributed by atoms with van der Waals surface area (Å²) in [6.07, 6.45) is 3.30. The fraction of sp³-hybridized carbons (Fsp3) is 0.889. The van der Waals surface area contributed by atoms with Gasteiger partial charge in [-0.05, 0) is 53.9 Å². The van der Waals surface area contributed by atoms with Gasteiger partial charge in [-0.2, -0.15) is 0 Å². The van der Waals surface area contributed by atoms with E-state index in [0.717, 1.165) is 57.9 Å². The molecule has 0 atom stereocenters. The highest BCUT2D eigenvalue weighted by Crippen LogP contribution is 2.07. The number of amides is 1. The van der Waals surface area contributed by atoms with Crippen molar-refractivity contribution >= 4 is 35.8 Å². The van der Waals surface area contributed by atoms with Gasteiger partial charge in [0.05, 0.1) is 0 Å². The van der Waals surface area contributed by atoms with Crippen LogP contribution in [-0.2, 0) is 4.79 Å². The third-order valence-corrected chi connectivity index (χ3v) is 4.39. The smallest absolute Gasteiger partial charge is 0.244 e. The molecule has 6 nitrogen and oxygen atoms in total. The maximum absolute atomic E-state index is 12.1. The lowest BCUT2D eigenvalue weighted by molar-refractivity contribution is -0.128. The Morgan fingerprint density at radius 2 is 1.72 bits per heavy atom. The molecule has 0 spiro atoms. The van der Waals surface area contributed by atoms with Crippen LogP contribution in [0, 0.1) is 0 Å². The van der Waals surface area contributed by atoms with E-state index >= 15 is 0 Å². The van der Waals surface area contributed by atoms with Crippen molar-refractivity contribution < 1.29 is 4.79 Å². The standard InChI is InChI=1S/C18H37N5O.HI/c1-6-19-18(21-14-17(24)22-11-7-8-12-22)20-10-9-13-23(15(2)3)16(4)5;/h15-16H,6-14H2,1-5H3,(H2,19,20,21);1H. The molecule has 1 saturated heterocycles. The van der Waals surface area contributed by atoms with E-state index in [4.69, 9.17) is 0 Å². The molecule has 1 aliphatic heterocycles. The van der Waals surface area contributed by atoms with E-state index in [0.29, 0.717) is 12.1 Å². The van der Waals surface area contributed by atoms with Crippen LogP contribution in [0.5, 0.6) is 0 Å². The summed E-state index contributed by atoms with van der Waals surface area (Å²) in [6, 6.07) is 1.12. The summed E-state index contributed by atoms with van der Waals surface area (Å²) >= 11 is 0. The Morgan fingerprint density at radius 3 is 2.24 bits per heavy atom. The van der Waals surface area contributed by atoms with Crippen LogP contribution < -0.4 is 10.6 Å². The molecule has 1 aliphatic rings. The zero-order chi connectivity index (χ0) is 17.9. The van der Waals surface area contributed by atoms with E-state index in [1.807, 2.05) is 11.8 Å². The number of carbonyl (C=O) groups is 1. The number of hydrogen-bond acceptors (Lipinski definition) is 3. The minimum absolute atomic E-state index is 0. The maximum atomic E-state index is 12.1. The molecule has 25 heavy (non-hydrogen) atoms. The highest BCUT2D eigenvalue weighted by atomic mass is 127. The molecule has 0 radical (unpaired) electrons. The molecule has 0 bridgehead atoms. The SMILES string of the molecule is CCNC(=NCC(=O)N1CCCC1)NCCCN(C(C)C)C(C)C.I. The Labute approximate surface area is 171 Å². The first-order valence-corrected chi connectivity index (χ1v) is 9.51. The number of guanidine groups is 1. The van der Waals surface area contributed by atoms with Gasteiger partial charge < -0.3 is 15.5 Å². The van der Waals surface area contributed by atoms with Crippen LogP contribution in [0.1, 0.15) is 53.9 Å². The molecule has 0 unspecified atom stereocenters. The number of rotatable bonds is 9. The highest BCUT2D eigenvalue weighted by Gasteiger charge is 2.17. The quantitative estimate of drug-likeness (QED) is 0.237. The Bertz CT molecular complexity index is 387. The van der Waals surface area contributed by atoms with Gasteiger partial charge in [0.2, 0.25) is 5.91 Å². The topological polar surface area (TPSA) is 60.0 Å². The number of aliphatic imine (C=N–C) groups is 1. The molecule has 0 aromatic carbocycles. The van der Waals surface area contributed by atoms with E-state index in [1.54, 1.807) is 0 Å². The Hall–Kier alpha value is -0.570. The van der Waals surface area contributed by atoms with E-state index in [9.17, 15) is 4.79 Å². The molecular weight excluding hydrogens is 429 g/mol. The zero-order valence-corrected chi connectivity index (χ0v) is 19.0. The second kappa shape index (κ2) is 13.6. The van der Waals surface area contributed by atoms with Crippen molar-refractivity contribution in [3.8, 4) is 0 Å². The lowest BCUT2D eigenvalue weighted by atomic mass is 10.2. The van der Waals surface area contributed by atoms with Gasteiger partial charge in [0.25, 0.3) is 0 Å². The normalized spacial score (nSPS) is 15.0. The van der Waals surface area contributed by atoms with Crippen molar-refractivity contribution in [1.82, 2.24) is 20.4 Å². The fourth-order valence-electron chi connectivity index (χ4n) is 3.14. The van der Waals surface area contributed by atoms with Crippen molar-refractivity contribution in [3.63, 3.8) is 0 Å². The molecule has 148 valence electrons. The van der Waals surface area contributed by atoms with E-state index < -0.39 is 0 Å². The summed E-state index contributed by atoms with van der Waals surface area (Å²) in [5, 5.41) is 6.56. The maximum Gasteiger partial charge on any atom is 0.244 e. The third kappa shape index (κ3) is 9.63. The van der Waals surface area contributed by atoms with Crippen molar-refractivity contribution in [2.75, 3.05) is 39.3 Å². The van der Waals surface area contributed by atoms with Crippen LogP contribution in [0.25, 0.3) is 0 Å². The number of halogens is 1. The highest BCUT2D eigenvalue weighted by molar-refractivity contribution is 14.0. The van der Waals surface area contributed by atoms with Crippen LogP contribution in [0.2, 0.25) is 0 Å². The lowest BCUT2D eigenvalue weighted by Gasteiger charge is -2.30. The first-order chi connectivity index (χ1) is 11.5. The van der Waals surface area contributed by atoms with Crippen LogP contribution in [0.4, 0.5) is 0 Å². The van der Waals surface area contributed by atoms with Crippen LogP contribution in [0.15, 0.2) is 4.99 Å². The minimum Gasteiger partial charge on any atom is -0.357 e. The summed E-state index contributed by atoms with van der Waals surface area (Å²) in [7, 11) is 0. The lowest BCUT2D eigenvalue weighted by Crippen LogP contribution is -2.42. The summed E-state index contributed by atoms with van der Waals surface area (Å²) in [5.74, 6) is 0.876. The fourth-order valence-corrected chi connectivity index (χ4v) is 3.14. The van der Waals surface area contributed by atoms with E-state index in [1.165, 1.54) is 0 Å². The Morgan fingerprint density at radius 1 is 1.12 bits per heavy atom. The molecule has 0 aromatic heterocycles.